The summed E-state index contributed by atoms with van der Waals surface area (Å²) in [6.07, 6.45) is 3.23. The molecule has 0 unspecified atom stereocenters. The van der Waals surface area contributed by atoms with Gasteiger partial charge in [0.25, 0.3) is 0 Å². The largest absolute Gasteiger partial charge is 0.381 e. The Hall–Kier alpha value is -1.93. The molecule has 132 valence electrons. The molecule has 0 radical (unpaired) electrons. The topological polar surface area (TPSA) is 75.7 Å². The molecule has 0 spiro atoms. The second-order valence-corrected chi connectivity index (χ2v) is 5.96. The average molecular weight is 338 g/mol. The van der Waals surface area contributed by atoms with E-state index in [1.165, 1.54) is 6.07 Å². The Morgan fingerprint density at radius 2 is 1.96 bits per heavy atom. The average Bonchev–Trinajstić information content (AvgIpc) is 2.62. The Balaban J connectivity index is 1.49. The van der Waals surface area contributed by atoms with Crippen molar-refractivity contribution < 1.29 is 18.7 Å². The van der Waals surface area contributed by atoms with Crippen molar-refractivity contribution in [3.05, 3.63) is 23.6 Å². The van der Waals surface area contributed by atoms with Crippen LogP contribution in [0.4, 0.5) is 15.0 Å². The van der Waals surface area contributed by atoms with Crippen LogP contribution in [0.25, 0.3) is 0 Å². The van der Waals surface area contributed by atoms with Gasteiger partial charge in [0.2, 0.25) is 0 Å². The minimum Gasteiger partial charge on any atom is -0.381 e. The third-order valence-electron chi connectivity index (χ3n) is 4.20. The van der Waals surface area contributed by atoms with Crippen molar-refractivity contribution in [2.45, 2.75) is 25.4 Å². The van der Waals surface area contributed by atoms with Gasteiger partial charge in [0.1, 0.15) is 0 Å². The van der Waals surface area contributed by atoms with Crippen LogP contribution in [0.3, 0.4) is 0 Å². The third-order valence-corrected chi connectivity index (χ3v) is 4.20. The number of urea groups is 1. The number of pyridine rings is 1. The van der Waals surface area contributed by atoms with E-state index in [1.54, 1.807) is 6.20 Å². The summed E-state index contributed by atoms with van der Waals surface area (Å²) in [4.78, 5) is 18.0. The number of carbonyl (C=O) groups is 1. The zero-order valence-corrected chi connectivity index (χ0v) is 13.6. The van der Waals surface area contributed by atoms with Gasteiger partial charge in [-0.3, -0.25) is 0 Å². The molecule has 2 aliphatic rings. The highest BCUT2D eigenvalue weighted by atomic mass is 19.1. The number of hydrogen-bond donors (Lipinski definition) is 2. The first-order chi connectivity index (χ1) is 11.7. The molecule has 7 nitrogen and oxygen atoms in total. The van der Waals surface area contributed by atoms with Crippen LogP contribution < -0.4 is 15.5 Å². The highest BCUT2D eigenvalue weighted by molar-refractivity contribution is 5.74. The number of halogens is 1. The molecule has 2 amide bonds. The van der Waals surface area contributed by atoms with Crippen molar-refractivity contribution in [2.75, 3.05) is 44.4 Å². The first-order valence-corrected chi connectivity index (χ1v) is 8.31. The summed E-state index contributed by atoms with van der Waals surface area (Å²) >= 11 is 0. The quantitative estimate of drug-likeness (QED) is 0.858. The van der Waals surface area contributed by atoms with Gasteiger partial charge in [-0.25, -0.2) is 14.2 Å². The molecule has 2 fully saturated rings. The molecule has 0 saturated carbocycles. The minimum absolute atomic E-state index is 0.136. The molecule has 0 aromatic carbocycles. The van der Waals surface area contributed by atoms with E-state index in [0.29, 0.717) is 50.9 Å². The van der Waals surface area contributed by atoms with E-state index in [2.05, 4.69) is 15.6 Å². The van der Waals surface area contributed by atoms with E-state index in [-0.39, 0.29) is 24.4 Å². The lowest BCUT2D eigenvalue weighted by atomic mass is 10.1. The predicted octanol–water partition coefficient (Wildman–Crippen LogP) is 1.04. The highest BCUT2D eigenvalue weighted by Gasteiger charge is 2.18. The number of anilines is 1. The molecule has 2 aliphatic heterocycles. The maximum absolute atomic E-state index is 14.2. The van der Waals surface area contributed by atoms with E-state index >= 15 is 0 Å². The van der Waals surface area contributed by atoms with Gasteiger partial charge < -0.3 is 25.0 Å². The van der Waals surface area contributed by atoms with Gasteiger partial charge in [-0.05, 0) is 24.5 Å². The van der Waals surface area contributed by atoms with E-state index < -0.39 is 0 Å². The third kappa shape index (κ3) is 4.55. The molecule has 0 aliphatic carbocycles. The minimum atomic E-state index is -0.374. The van der Waals surface area contributed by atoms with Crippen LogP contribution in [0.5, 0.6) is 0 Å². The number of amides is 2. The Morgan fingerprint density at radius 3 is 2.67 bits per heavy atom. The Morgan fingerprint density at radius 1 is 1.25 bits per heavy atom. The van der Waals surface area contributed by atoms with Gasteiger partial charge in [-0.1, -0.05) is 0 Å². The molecule has 3 rings (SSSR count). The Labute approximate surface area is 140 Å². The normalized spacial score (nSPS) is 19.1. The molecule has 8 heteroatoms. The lowest BCUT2D eigenvalue weighted by Crippen LogP contribution is -2.44. The number of nitrogens with one attached hydrogen (secondary N) is 2. The summed E-state index contributed by atoms with van der Waals surface area (Å²) < 4.78 is 24.8. The van der Waals surface area contributed by atoms with Crippen molar-refractivity contribution >= 4 is 11.8 Å². The molecule has 1 aromatic heterocycles. The fraction of sp³-hybridized carbons (Fsp3) is 0.625. The van der Waals surface area contributed by atoms with E-state index in [4.69, 9.17) is 9.47 Å². The summed E-state index contributed by atoms with van der Waals surface area (Å²) in [7, 11) is 0. The lowest BCUT2D eigenvalue weighted by Gasteiger charge is -2.28. The number of nitrogens with zero attached hydrogens (tertiary/aromatic N) is 2. The van der Waals surface area contributed by atoms with Crippen LogP contribution in [-0.2, 0) is 16.0 Å². The molecule has 24 heavy (non-hydrogen) atoms. The van der Waals surface area contributed by atoms with Gasteiger partial charge in [-0.15, -0.1) is 0 Å². The standard InChI is InChI=1S/C16H23FN4O3/c17-14-9-12(10-18-15(14)21-3-7-24-8-4-21)11-19-16(22)20-13-1-5-23-6-2-13/h9-10,13H,1-8,11H2,(H2,19,20,22). The summed E-state index contributed by atoms with van der Waals surface area (Å²) in [5.41, 5.74) is 0.631. The maximum Gasteiger partial charge on any atom is 0.315 e. The van der Waals surface area contributed by atoms with Crippen LogP contribution in [0.15, 0.2) is 12.3 Å². The molecule has 0 atom stereocenters. The summed E-state index contributed by atoms with van der Waals surface area (Å²) in [6, 6.07) is 1.31. The van der Waals surface area contributed by atoms with Gasteiger partial charge in [-0.2, -0.15) is 0 Å². The zero-order chi connectivity index (χ0) is 16.8. The fourth-order valence-corrected chi connectivity index (χ4v) is 2.84. The fourth-order valence-electron chi connectivity index (χ4n) is 2.84. The van der Waals surface area contributed by atoms with Crippen LogP contribution >= 0.6 is 0 Å². The first-order valence-electron chi connectivity index (χ1n) is 8.31. The molecule has 3 heterocycles. The number of carbonyl (C=O) groups excluding carboxylic acids is 1. The SMILES string of the molecule is O=C(NCc1cnc(N2CCOCC2)c(F)c1)NC1CCOCC1. The van der Waals surface area contributed by atoms with E-state index in [1.807, 2.05) is 4.90 Å². The summed E-state index contributed by atoms with van der Waals surface area (Å²) in [6.45, 7) is 4.01. The van der Waals surface area contributed by atoms with Crippen LogP contribution in [0.2, 0.25) is 0 Å². The van der Waals surface area contributed by atoms with Gasteiger partial charge in [0.15, 0.2) is 11.6 Å². The Bertz CT molecular complexity index is 560. The van der Waals surface area contributed by atoms with E-state index in [9.17, 15) is 9.18 Å². The predicted molar refractivity (Wildman–Crippen MR) is 86.4 cm³/mol. The Kier molecular flexibility index (Phi) is 5.81. The van der Waals surface area contributed by atoms with Gasteiger partial charge in [0, 0.05) is 45.1 Å². The molecular weight excluding hydrogens is 315 g/mol. The van der Waals surface area contributed by atoms with E-state index in [0.717, 1.165) is 12.8 Å². The van der Waals surface area contributed by atoms with Crippen molar-refractivity contribution in [1.29, 1.82) is 0 Å². The second-order valence-electron chi connectivity index (χ2n) is 5.96. The van der Waals surface area contributed by atoms with Gasteiger partial charge >= 0.3 is 6.03 Å². The zero-order valence-electron chi connectivity index (χ0n) is 13.6. The van der Waals surface area contributed by atoms with Crippen molar-refractivity contribution in [2.24, 2.45) is 0 Å². The lowest BCUT2D eigenvalue weighted by molar-refractivity contribution is 0.0800. The molecule has 0 bridgehead atoms. The highest BCUT2D eigenvalue weighted by Crippen LogP contribution is 2.18. The first kappa shape index (κ1) is 16.9. The molecule has 2 saturated heterocycles. The van der Waals surface area contributed by atoms with Crippen molar-refractivity contribution in [3.8, 4) is 0 Å². The van der Waals surface area contributed by atoms with Crippen molar-refractivity contribution in [3.63, 3.8) is 0 Å². The molecule has 1 aromatic rings. The number of morpholine rings is 1. The summed E-state index contributed by atoms with van der Waals surface area (Å²) in [5, 5.41) is 5.64. The van der Waals surface area contributed by atoms with Crippen LogP contribution in [-0.4, -0.2) is 56.6 Å². The smallest absolute Gasteiger partial charge is 0.315 e. The molecular formula is C16H23FN4O3. The second kappa shape index (κ2) is 8.25. The van der Waals surface area contributed by atoms with Gasteiger partial charge in [0.05, 0.1) is 13.2 Å². The summed E-state index contributed by atoms with van der Waals surface area (Å²) in [5.74, 6) is -0.0326. The number of ether oxygens (including phenoxy) is 2. The monoisotopic (exact) mass is 338 g/mol. The van der Waals surface area contributed by atoms with Crippen LogP contribution in [0.1, 0.15) is 18.4 Å². The van der Waals surface area contributed by atoms with Crippen LogP contribution in [0, 0.1) is 5.82 Å². The number of rotatable bonds is 4. The van der Waals surface area contributed by atoms with Crippen molar-refractivity contribution in [1.82, 2.24) is 15.6 Å². The number of aromatic nitrogens is 1. The molecule has 2 N–H and O–H groups in total. The number of hydrogen-bond acceptors (Lipinski definition) is 5. The maximum atomic E-state index is 14.2.